The van der Waals surface area contributed by atoms with Gasteiger partial charge in [-0.1, -0.05) is 0 Å². The van der Waals surface area contributed by atoms with Crippen molar-refractivity contribution >= 4 is 6.29 Å². The number of rotatable bonds is 10. The van der Waals surface area contributed by atoms with Crippen molar-refractivity contribution < 1.29 is 39.8 Å². The molecule has 12 heteroatoms. The largest absolute Gasteiger partial charge is 0.506 e. The molecule has 0 aliphatic rings. The molecule has 36 heavy (non-hydrogen) atoms. The van der Waals surface area contributed by atoms with Gasteiger partial charge in [-0.05, 0) is 20.8 Å². The molecule has 0 aromatic carbocycles. The van der Waals surface area contributed by atoms with E-state index in [1.165, 1.54) is 25.5 Å². The van der Waals surface area contributed by atoms with Gasteiger partial charge in [0.2, 0.25) is 12.6 Å². The molecule has 3 heterocycles. The first-order chi connectivity index (χ1) is 17.2. The third kappa shape index (κ3) is 5.12. The molecule has 0 radical (unpaired) electrons. The minimum atomic E-state index is -1.75. The Labute approximate surface area is 206 Å². The lowest BCUT2D eigenvalue weighted by molar-refractivity contribution is -0.0285. The molecule has 3 rings (SSSR count). The molecular formula is C24H28N4O8. The predicted octanol–water partition coefficient (Wildman–Crippen LogP) is 0.898. The zero-order chi connectivity index (χ0) is 26.6. The second kappa shape index (κ2) is 11.4. The van der Waals surface area contributed by atoms with Crippen LogP contribution >= 0.6 is 0 Å². The molecule has 0 amide bonds. The molecule has 3 aromatic heterocycles. The van der Waals surface area contributed by atoms with Crippen LogP contribution in [0.25, 0.3) is 0 Å². The predicted molar refractivity (Wildman–Crippen MR) is 125 cm³/mol. The summed E-state index contributed by atoms with van der Waals surface area (Å²) in [6.07, 6.45) is 0.879. The van der Waals surface area contributed by atoms with Gasteiger partial charge in [0, 0.05) is 47.4 Å². The lowest BCUT2D eigenvalue weighted by atomic mass is 10.1. The fraction of sp³-hybridized carbons (Fsp3) is 0.333. The standard InChI is InChI=1S/C24H28N4O8/c1-11-20(32)15(4-25)16(6-27-11)23(33)36-22-13(3)28-7-17(19(22)10-31)24(34)35-21-12(2)26-5-14(8-29)18(21)9-30/h5-7,10,23-24,29-30,32-34H,4,8-9,25H2,1-3H3. The Bertz CT molecular complexity index is 1270. The highest BCUT2D eigenvalue weighted by Crippen LogP contribution is 2.35. The van der Waals surface area contributed by atoms with Gasteiger partial charge in [-0.2, -0.15) is 0 Å². The molecule has 0 bridgehead atoms. The van der Waals surface area contributed by atoms with E-state index in [0.717, 1.165) is 0 Å². The molecule has 0 aliphatic carbocycles. The molecule has 0 saturated carbocycles. The van der Waals surface area contributed by atoms with Gasteiger partial charge in [-0.15, -0.1) is 0 Å². The topological polar surface area (TPSA) is 201 Å². The van der Waals surface area contributed by atoms with Gasteiger partial charge in [0.25, 0.3) is 0 Å². The van der Waals surface area contributed by atoms with E-state index in [1.807, 2.05) is 0 Å². The van der Waals surface area contributed by atoms with Crippen LogP contribution in [0, 0.1) is 20.8 Å². The SMILES string of the molecule is Cc1ncc(C(O)Oc2c(C)ncc(C(O)Oc3c(C)ncc(CO)c3CO)c2C=O)c(CN)c1O. The molecule has 192 valence electrons. The number of aryl methyl sites for hydroxylation is 3. The number of carbonyl (C=O) groups is 1. The number of aldehydes is 1. The van der Waals surface area contributed by atoms with Crippen LogP contribution < -0.4 is 15.2 Å². The van der Waals surface area contributed by atoms with Crippen LogP contribution in [0.4, 0.5) is 0 Å². The van der Waals surface area contributed by atoms with Crippen molar-refractivity contribution in [3.05, 3.63) is 69.1 Å². The third-order valence-electron chi connectivity index (χ3n) is 5.70. The first-order valence-corrected chi connectivity index (χ1v) is 10.9. The monoisotopic (exact) mass is 500 g/mol. The normalized spacial score (nSPS) is 12.8. The van der Waals surface area contributed by atoms with Crippen molar-refractivity contribution in [2.75, 3.05) is 0 Å². The number of carbonyl (C=O) groups excluding carboxylic acids is 1. The highest BCUT2D eigenvalue weighted by Gasteiger charge is 2.26. The molecule has 2 atom stereocenters. The molecule has 12 nitrogen and oxygen atoms in total. The number of aliphatic hydroxyl groups excluding tert-OH is 4. The van der Waals surface area contributed by atoms with Crippen molar-refractivity contribution in [1.82, 2.24) is 15.0 Å². The molecule has 3 aromatic rings. The molecule has 0 fully saturated rings. The summed E-state index contributed by atoms with van der Waals surface area (Å²) < 4.78 is 11.3. The van der Waals surface area contributed by atoms with Crippen LogP contribution in [0.2, 0.25) is 0 Å². The fourth-order valence-corrected chi connectivity index (χ4v) is 3.67. The van der Waals surface area contributed by atoms with Gasteiger partial charge in [0.15, 0.2) is 12.0 Å². The number of ether oxygens (including phenoxy) is 2. The Morgan fingerprint density at radius 3 is 2.03 bits per heavy atom. The average molecular weight is 501 g/mol. The Morgan fingerprint density at radius 1 is 0.861 bits per heavy atom. The summed E-state index contributed by atoms with van der Waals surface area (Å²) in [6, 6.07) is 0. The van der Waals surface area contributed by atoms with Crippen LogP contribution in [0.5, 0.6) is 17.2 Å². The van der Waals surface area contributed by atoms with Gasteiger partial charge in [-0.3, -0.25) is 19.7 Å². The highest BCUT2D eigenvalue weighted by atomic mass is 16.6. The maximum atomic E-state index is 12.1. The van der Waals surface area contributed by atoms with Gasteiger partial charge in [-0.25, -0.2) is 0 Å². The van der Waals surface area contributed by atoms with Crippen LogP contribution in [-0.4, -0.2) is 46.8 Å². The molecule has 0 aliphatic heterocycles. The van der Waals surface area contributed by atoms with Gasteiger partial charge < -0.3 is 40.7 Å². The lowest BCUT2D eigenvalue weighted by Gasteiger charge is -2.23. The number of aliphatic hydroxyl groups is 4. The molecule has 2 unspecified atom stereocenters. The second-order valence-corrected chi connectivity index (χ2v) is 7.92. The number of hydrogen-bond donors (Lipinski definition) is 6. The Kier molecular flexibility index (Phi) is 8.50. The lowest BCUT2D eigenvalue weighted by Crippen LogP contribution is -2.17. The van der Waals surface area contributed by atoms with E-state index >= 15 is 0 Å². The second-order valence-electron chi connectivity index (χ2n) is 7.92. The summed E-state index contributed by atoms with van der Waals surface area (Å²) in [5.41, 5.74) is 7.20. The molecule has 0 saturated heterocycles. The van der Waals surface area contributed by atoms with E-state index in [1.54, 1.807) is 13.8 Å². The Morgan fingerprint density at radius 2 is 1.42 bits per heavy atom. The van der Waals surface area contributed by atoms with Crippen molar-refractivity contribution in [2.24, 2.45) is 5.73 Å². The number of nitrogens with two attached hydrogens (primary N) is 1. The van der Waals surface area contributed by atoms with E-state index in [0.29, 0.717) is 23.2 Å². The Hall–Kier alpha value is -3.68. The number of hydrogen-bond acceptors (Lipinski definition) is 12. The minimum Gasteiger partial charge on any atom is -0.506 e. The van der Waals surface area contributed by atoms with Crippen LogP contribution in [0.1, 0.15) is 67.8 Å². The highest BCUT2D eigenvalue weighted by molar-refractivity contribution is 5.82. The Balaban J connectivity index is 2.01. The molecule has 0 spiro atoms. The zero-order valence-corrected chi connectivity index (χ0v) is 20.0. The number of nitrogens with zero attached hydrogens (tertiary/aromatic N) is 3. The van der Waals surface area contributed by atoms with E-state index in [2.05, 4.69) is 15.0 Å². The van der Waals surface area contributed by atoms with E-state index in [9.17, 15) is 30.3 Å². The van der Waals surface area contributed by atoms with Crippen molar-refractivity contribution in [2.45, 2.75) is 53.1 Å². The zero-order valence-electron chi connectivity index (χ0n) is 20.0. The first-order valence-electron chi connectivity index (χ1n) is 10.9. The summed E-state index contributed by atoms with van der Waals surface area (Å²) in [7, 11) is 0. The first kappa shape index (κ1) is 26.9. The average Bonchev–Trinajstić information content (AvgIpc) is 2.87. The molecular weight excluding hydrogens is 472 g/mol. The van der Waals surface area contributed by atoms with Crippen LogP contribution in [-0.2, 0) is 19.8 Å². The van der Waals surface area contributed by atoms with Crippen LogP contribution in [0.3, 0.4) is 0 Å². The minimum absolute atomic E-state index is 0.0327. The summed E-state index contributed by atoms with van der Waals surface area (Å²) in [6.45, 7) is 3.68. The fourth-order valence-electron chi connectivity index (χ4n) is 3.67. The number of pyridine rings is 3. The summed E-state index contributed by atoms with van der Waals surface area (Å²) in [5.74, 6) is -0.290. The number of aromatic nitrogens is 3. The smallest absolute Gasteiger partial charge is 0.226 e. The summed E-state index contributed by atoms with van der Waals surface area (Å²) in [5, 5.41) is 51.1. The maximum Gasteiger partial charge on any atom is 0.226 e. The van der Waals surface area contributed by atoms with Crippen molar-refractivity contribution in [3.63, 3.8) is 0 Å². The third-order valence-corrected chi connectivity index (χ3v) is 5.70. The quantitative estimate of drug-likeness (QED) is 0.170. The van der Waals surface area contributed by atoms with E-state index in [-0.39, 0.29) is 57.3 Å². The van der Waals surface area contributed by atoms with Gasteiger partial charge in [0.05, 0.1) is 41.4 Å². The van der Waals surface area contributed by atoms with Crippen molar-refractivity contribution in [3.8, 4) is 17.2 Å². The molecule has 7 N–H and O–H groups in total. The summed E-state index contributed by atoms with van der Waals surface area (Å²) in [4.78, 5) is 24.3. The van der Waals surface area contributed by atoms with Gasteiger partial charge in [0.1, 0.15) is 11.5 Å². The number of aromatic hydroxyl groups is 1. The summed E-state index contributed by atoms with van der Waals surface area (Å²) >= 11 is 0. The maximum absolute atomic E-state index is 12.1. The van der Waals surface area contributed by atoms with Gasteiger partial charge >= 0.3 is 0 Å². The van der Waals surface area contributed by atoms with E-state index < -0.39 is 25.8 Å². The van der Waals surface area contributed by atoms with Crippen molar-refractivity contribution in [1.29, 1.82) is 0 Å². The van der Waals surface area contributed by atoms with Crippen LogP contribution in [0.15, 0.2) is 18.6 Å². The van der Waals surface area contributed by atoms with E-state index in [4.69, 9.17) is 15.2 Å².